The molecule has 3 nitrogen and oxygen atoms in total. The van der Waals surface area contributed by atoms with Crippen molar-refractivity contribution in [3.8, 4) is 0 Å². The first kappa shape index (κ1) is 10.4. The summed E-state index contributed by atoms with van der Waals surface area (Å²) >= 11 is 0. The first-order valence-corrected chi connectivity index (χ1v) is 4.02. The van der Waals surface area contributed by atoms with E-state index in [1.54, 1.807) is 0 Å². The number of carboxylic acids is 1. The summed E-state index contributed by atoms with van der Waals surface area (Å²) in [4.78, 5) is 10.5. The van der Waals surface area contributed by atoms with Crippen LogP contribution in [-0.4, -0.2) is 24.3 Å². The van der Waals surface area contributed by atoms with Gasteiger partial charge in [0.2, 0.25) is 0 Å². The average Bonchev–Trinajstić information content (AvgIpc) is 1.97. The molecule has 1 atom stereocenters. The summed E-state index contributed by atoms with van der Waals surface area (Å²) in [6.45, 7) is 4.78. The Labute approximate surface area is 67.4 Å². The van der Waals surface area contributed by atoms with E-state index in [4.69, 9.17) is 9.84 Å². The van der Waals surface area contributed by atoms with Crippen LogP contribution in [-0.2, 0) is 9.53 Å². The second kappa shape index (κ2) is 6.16. The number of carbonyl (C=O) groups is 1. The summed E-state index contributed by atoms with van der Waals surface area (Å²) in [5.41, 5.74) is 0. The second-order valence-corrected chi connectivity index (χ2v) is 2.48. The van der Waals surface area contributed by atoms with Crippen molar-refractivity contribution in [1.82, 2.24) is 0 Å². The molecule has 0 bridgehead atoms. The molecule has 0 saturated heterocycles. The largest absolute Gasteiger partial charge is 0.481 e. The zero-order valence-corrected chi connectivity index (χ0v) is 7.17. The molecule has 0 aliphatic heterocycles. The molecule has 0 aliphatic rings. The molecule has 1 N–H and O–H groups in total. The van der Waals surface area contributed by atoms with Gasteiger partial charge in [0.05, 0.1) is 12.5 Å². The Balaban J connectivity index is 3.60. The van der Waals surface area contributed by atoms with E-state index >= 15 is 0 Å². The predicted octanol–water partition coefficient (Wildman–Crippen LogP) is 1.52. The maximum absolute atomic E-state index is 10.5. The third-order valence-corrected chi connectivity index (χ3v) is 1.51. The molecule has 11 heavy (non-hydrogen) atoms. The molecule has 0 radical (unpaired) electrons. The number of rotatable bonds is 6. The summed E-state index contributed by atoms with van der Waals surface area (Å²) in [5.74, 6) is -1.07. The molecule has 0 aliphatic carbocycles. The lowest BCUT2D eigenvalue weighted by Gasteiger charge is -2.09. The minimum Gasteiger partial charge on any atom is -0.481 e. The normalized spacial score (nSPS) is 12.9. The number of carboxylic acid groups (broad SMARTS) is 1. The fraction of sp³-hybridized carbons (Fsp3) is 0.875. The minimum atomic E-state index is -0.750. The molecule has 0 spiro atoms. The molecule has 0 fully saturated rings. The Morgan fingerprint density at radius 1 is 1.55 bits per heavy atom. The fourth-order valence-corrected chi connectivity index (χ4v) is 0.887. The minimum absolute atomic E-state index is 0.319. The first-order valence-electron chi connectivity index (χ1n) is 4.02. The highest BCUT2D eigenvalue weighted by atomic mass is 16.5. The van der Waals surface area contributed by atoms with Crippen LogP contribution in [0.3, 0.4) is 0 Å². The monoisotopic (exact) mass is 160 g/mol. The van der Waals surface area contributed by atoms with Gasteiger partial charge in [-0.25, -0.2) is 0 Å². The predicted molar refractivity (Wildman–Crippen MR) is 42.5 cm³/mol. The van der Waals surface area contributed by atoms with Crippen LogP contribution in [0.2, 0.25) is 0 Å². The van der Waals surface area contributed by atoms with E-state index < -0.39 is 5.97 Å². The van der Waals surface area contributed by atoms with Gasteiger partial charge in [-0.1, -0.05) is 13.3 Å². The highest BCUT2D eigenvalue weighted by Gasteiger charge is 2.15. The number of hydrogen-bond donors (Lipinski definition) is 1. The average molecular weight is 160 g/mol. The Hall–Kier alpha value is -0.570. The molecule has 0 saturated carbocycles. The summed E-state index contributed by atoms with van der Waals surface area (Å²) < 4.78 is 5.03. The van der Waals surface area contributed by atoms with Crippen molar-refractivity contribution in [1.29, 1.82) is 0 Å². The van der Waals surface area contributed by atoms with Crippen LogP contribution < -0.4 is 0 Å². The Morgan fingerprint density at radius 2 is 2.18 bits per heavy atom. The molecule has 3 heteroatoms. The van der Waals surface area contributed by atoms with Crippen LogP contribution >= 0.6 is 0 Å². The van der Waals surface area contributed by atoms with Crippen LogP contribution in [0.15, 0.2) is 0 Å². The van der Waals surface area contributed by atoms with E-state index in [2.05, 4.69) is 0 Å². The summed E-state index contributed by atoms with van der Waals surface area (Å²) in [6.07, 6.45) is 1.60. The van der Waals surface area contributed by atoms with Crippen molar-refractivity contribution >= 4 is 5.97 Å². The molecule has 0 aromatic carbocycles. The smallest absolute Gasteiger partial charge is 0.308 e. The van der Waals surface area contributed by atoms with Crippen molar-refractivity contribution < 1.29 is 14.6 Å². The van der Waals surface area contributed by atoms with Gasteiger partial charge in [0.1, 0.15) is 0 Å². The Morgan fingerprint density at radius 3 is 2.55 bits per heavy atom. The lowest BCUT2D eigenvalue weighted by atomic mass is 10.1. The number of aliphatic carboxylic acids is 1. The zero-order chi connectivity index (χ0) is 8.69. The van der Waals surface area contributed by atoms with E-state index in [1.165, 1.54) is 0 Å². The van der Waals surface area contributed by atoms with Crippen molar-refractivity contribution in [3.63, 3.8) is 0 Å². The maximum Gasteiger partial charge on any atom is 0.308 e. The quantitative estimate of drug-likeness (QED) is 0.640. The molecule has 0 amide bonds. The van der Waals surface area contributed by atoms with E-state index in [0.717, 1.165) is 6.42 Å². The third-order valence-electron chi connectivity index (χ3n) is 1.51. The van der Waals surface area contributed by atoms with Crippen LogP contribution in [0, 0.1) is 5.92 Å². The Bertz CT molecular complexity index is 112. The molecule has 0 heterocycles. The molecule has 0 rings (SSSR count). The highest BCUT2D eigenvalue weighted by Crippen LogP contribution is 2.06. The van der Waals surface area contributed by atoms with Crippen molar-refractivity contribution in [2.24, 2.45) is 5.92 Å². The highest BCUT2D eigenvalue weighted by molar-refractivity contribution is 5.70. The standard InChI is InChI=1S/C8H16O3/c1-3-5-7(8(9)10)6-11-4-2/h7H,3-6H2,1-2H3,(H,9,10). The summed E-state index contributed by atoms with van der Waals surface area (Å²) in [7, 11) is 0. The lowest BCUT2D eigenvalue weighted by molar-refractivity contribution is -0.144. The van der Waals surface area contributed by atoms with Crippen molar-refractivity contribution in [2.75, 3.05) is 13.2 Å². The van der Waals surface area contributed by atoms with Crippen molar-refractivity contribution in [2.45, 2.75) is 26.7 Å². The molecule has 66 valence electrons. The van der Waals surface area contributed by atoms with Gasteiger partial charge in [-0.3, -0.25) is 4.79 Å². The van der Waals surface area contributed by atoms with Gasteiger partial charge in [-0.05, 0) is 13.3 Å². The zero-order valence-electron chi connectivity index (χ0n) is 7.17. The van der Waals surface area contributed by atoms with Crippen molar-refractivity contribution in [3.05, 3.63) is 0 Å². The van der Waals surface area contributed by atoms with E-state index in [-0.39, 0.29) is 5.92 Å². The molecular formula is C8H16O3. The van der Waals surface area contributed by atoms with Gasteiger partial charge in [0.25, 0.3) is 0 Å². The lowest BCUT2D eigenvalue weighted by Crippen LogP contribution is -2.19. The van der Waals surface area contributed by atoms with Crippen LogP contribution in [0.5, 0.6) is 0 Å². The van der Waals surface area contributed by atoms with Crippen LogP contribution in [0.4, 0.5) is 0 Å². The van der Waals surface area contributed by atoms with Crippen LogP contribution in [0.25, 0.3) is 0 Å². The fourth-order valence-electron chi connectivity index (χ4n) is 0.887. The van der Waals surface area contributed by atoms with Gasteiger partial charge in [0, 0.05) is 6.61 Å². The van der Waals surface area contributed by atoms with E-state index in [9.17, 15) is 4.79 Å². The molecule has 0 aromatic rings. The van der Waals surface area contributed by atoms with Gasteiger partial charge >= 0.3 is 5.97 Å². The SMILES string of the molecule is CCCC(COCC)C(=O)O. The first-order chi connectivity index (χ1) is 5.22. The molecular weight excluding hydrogens is 144 g/mol. The number of hydrogen-bond acceptors (Lipinski definition) is 2. The third kappa shape index (κ3) is 4.79. The van der Waals surface area contributed by atoms with E-state index in [0.29, 0.717) is 19.6 Å². The maximum atomic E-state index is 10.5. The van der Waals surface area contributed by atoms with Gasteiger partial charge in [-0.15, -0.1) is 0 Å². The Kier molecular flexibility index (Phi) is 5.84. The van der Waals surface area contributed by atoms with E-state index in [1.807, 2.05) is 13.8 Å². The van der Waals surface area contributed by atoms with Crippen LogP contribution in [0.1, 0.15) is 26.7 Å². The molecule has 1 unspecified atom stereocenters. The van der Waals surface area contributed by atoms with Gasteiger partial charge in [-0.2, -0.15) is 0 Å². The van der Waals surface area contributed by atoms with Gasteiger partial charge < -0.3 is 9.84 Å². The van der Waals surface area contributed by atoms with Gasteiger partial charge in [0.15, 0.2) is 0 Å². The second-order valence-electron chi connectivity index (χ2n) is 2.48. The number of ether oxygens (including phenoxy) is 1. The summed E-state index contributed by atoms with van der Waals surface area (Å²) in [6, 6.07) is 0. The molecule has 0 aromatic heterocycles. The topological polar surface area (TPSA) is 46.5 Å². The summed E-state index contributed by atoms with van der Waals surface area (Å²) in [5, 5.41) is 8.65.